The highest BCUT2D eigenvalue weighted by atomic mass is 32.1. The van der Waals surface area contributed by atoms with Crippen LogP contribution < -0.4 is 10.6 Å². The summed E-state index contributed by atoms with van der Waals surface area (Å²) in [5.41, 5.74) is -0.181. The quantitative estimate of drug-likeness (QED) is 0.867. The van der Waals surface area contributed by atoms with Gasteiger partial charge in [0.2, 0.25) is 5.91 Å². The number of carbonyl (C=O) groups is 1. The van der Waals surface area contributed by atoms with Crippen molar-refractivity contribution < 1.29 is 4.79 Å². The Morgan fingerprint density at radius 3 is 2.47 bits per heavy atom. The molecule has 17 heavy (non-hydrogen) atoms. The van der Waals surface area contributed by atoms with Crippen LogP contribution in [0.25, 0.3) is 0 Å². The minimum absolute atomic E-state index is 0.0425. The molecule has 96 valence electrons. The van der Waals surface area contributed by atoms with Crippen LogP contribution in [0.4, 0.5) is 0 Å². The van der Waals surface area contributed by atoms with Gasteiger partial charge < -0.3 is 5.32 Å². The lowest BCUT2D eigenvalue weighted by Crippen LogP contribution is -2.49. The summed E-state index contributed by atoms with van der Waals surface area (Å²) in [5, 5.41) is 8.32. The molecular weight excluding hydrogens is 232 g/mol. The van der Waals surface area contributed by atoms with Gasteiger partial charge in [0.15, 0.2) is 0 Å². The summed E-state index contributed by atoms with van der Waals surface area (Å²) in [6, 6.07) is 4.12. The number of carbonyl (C=O) groups excluding carboxylic acids is 1. The molecule has 1 aromatic rings. The van der Waals surface area contributed by atoms with Crippen LogP contribution >= 0.6 is 11.3 Å². The van der Waals surface area contributed by atoms with Crippen LogP contribution in [0.1, 0.15) is 45.5 Å². The van der Waals surface area contributed by atoms with Crippen molar-refractivity contribution >= 4 is 17.2 Å². The van der Waals surface area contributed by atoms with Crippen molar-refractivity contribution in [2.24, 2.45) is 0 Å². The number of hydrogen-bond donors (Lipinski definition) is 2. The lowest BCUT2D eigenvalue weighted by Gasteiger charge is -2.25. The van der Waals surface area contributed by atoms with E-state index in [1.807, 2.05) is 39.1 Å². The fourth-order valence-electron chi connectivity index (χ4n) is 1.55. The summed E-state index contributed by atoms with van der Waals surface area (Å²) in [7, 11) is 0. The lowest BCUT2D eigenvalue weighted by molar-refractivity contribution is -0.124. The molecule has 1 rings (SSSR count). The molecule has 0 radical (unpaired) electrons. The molecule has 0 aromatic carbocycles. The average Bonchev–Trinajstić information content (AvgIpc) is 2.67. The minimum Gasteiger partial charge on any atom is -0.350 e. The highest BCUT2D eigenvalue weighted by molar-refractivity contribution is 7.10. The molecule has 2 unspecified atom stereocenters. The lowest BCUT2D eigenvalue weighted by atomic mass is 10.1. The third-order valence-corrected chi connectivity index (χ3v) is 3.42. The van der Waals surface area contributed by atoms with E-state index in [-0.39, 0.29) is 23.5 Å². The maximum Gasteiger partial charge on any atom is 0.237 e. The van der Waals surface area contributed by atoms with Crippen LogP contribution in [0.5, 0.6) is 0 Å². The van der Waals surface area contributed by atoms with Crippen molar-refractivity contribution in [3.8, 4) is 0 Å². The first-order chi connectivity index (χ1) is 7.79. The summed E-state index contributed by atoms with van der Waals surface area (Å²) in [6.45, 7) is 9.93. The summed E-state index contributed by atoms with van der Waals surface area (Å²) >= 11 is 1.70. The van der Waals surface area contributed by atoms with Gasteiger partial charge in [-0.2, -0.15) is 0 Å². The van der Waals surface area contributed by atoms with E-state index in [4.69, 9.17) is 0 Å². The van der Waals surface area contributed by atoms with Gasteiger partial charge in [-0.3, -0.25) is 10.1 Å². The Bertz CT molecular complexity index is 354. The second-order valence-electron chi connectivity index (χ2n) is 5.36. The Morgan fingerprint density at radius 2 is 2.00 bits per heavy atom. The molecule has 0 fully saturated rings. The topological polar surface area (TPSA) is 41.1 Å². The van der Waals surface area contributed by atoms with Crippen molar-refractivity contribution in [3.63, 3.8) is 0 Å². The fourth-order valence-corrected chi connectivity index (χ4v) is 2.29. The Hall–Kier alpha value is -0.870. The molecule has 0 aliphatic heterocycles. The maximum atomic E-state index is 11.9. The predicted molar refractivity (Wildman–Crippen MR) is 73.2 cm³/mol. The molecule has 0 spiro atoms. The average molecular weight is 254 g/mol. The number of amides is 1. The molecule has 0 saturated heterocycles. The van der Waals surface area contributed by atoms with E-state index in [1.165, 1.54) is 4.88 Å². The molecule has 3 nitrogen and oxygen atoms in total. The van der Waals surface area contributed by atoms with E-state index in [9.17, 15) is 4.79 Å². The predicted octanol–water partition coefficient (Wildman–Crippen LogP) is 2.70. The molecule has 2 atom stereocenters. The van der Waals surface area contributed by atoms with Gasteiger partial charge in [0.25, 0.3) is 0 Å². The van der Waals surface area contributed by atoms with Gasteiger partial charge in [-0.05, 0) is 46.1 Å². The third-order valence-electron chi connectivity index (χ3n) is 2.36. The van der Waals surface area contributed by atoms with Crippen molar-refractivity contribution in [2.45, 2.75) is 52.2 Å². The molecule has 4 heteroatoms. The molecule has 2 N–H and O–H groups in total. The Kier molecular flexibility index (Phi) is 4.71. The molecular formula is C13H22N2OS. The summed E-state index contributed by atoms with van der Waals surface area (Å²) < 4.78 is 0. The highest BCUT2D eigenvalue weighted by Crippen LogP contribution is 2.18. The summed E-state index contributed by atoms with van der Waals surface area (Å²) in [4.78, 5) is 13.1. The Morgan fingerprint density at radius 1 is 1.35 bits per heavy atom. The molecule has 0 aliphatic rings. The van der Waals surface area contributed by atoms with Gasteiger partial charge in [-0.1, -0.05) is 6.07 Å². The second kappa shape index (κ2) is 5.65. The Labute approximate surface area is 108 Å². The van der Waals surface area contributed by atoms with E-state index >= 15 is 0 Å². The van der Waals surface area contributed by atoms with Crippen molar-refractivity contribution in [1.29, 1.82) is 0 Å². The SMILES string of the molecule is CC(NC(C)c1cccs1)C(=O)NC(C)(C)C. The first kappa shape index (κ1) is 14.2. The first-order valence-corrected chi connectivity index (χ1v) is 6.79. The van der Waals surface area contributed by atoms with Crippen LogP contribution in [-0.4, -0.2) is 17.5 Å². The molecule has 0 aliphatic carbocycles. The van der Waals surface area contributed by atoms with Gasteiger partial charge in [-0.25, -0.2) is 0 Å². The van der Waals surface area contributed by atoms with Gasteiger partial charge in [0, 0.05) is 16.5 Å². The van der Waals surface area contributed by atoms with Gasteiger partial charge >= 0.3 is 0 Å². The fraction of sp³-hybridized carbons (Fsp3) is 0.615. The van der Waals surface area contributed by atoms with Crippen LogP contribution in [-0.2, 0) is 4.79 Å². The molecule has 1 aromatic heterocycles. The monoisotopic (exact) mass is 254 g/mol. The zero-order valence-corrected chi connectivity index (χ0v) is 12.0. The largest absolute Gasteiger partial charge is 0.350 e. The third kappa shape index (κ3) is 4.88. The molecule has 0 saturated carbocycles. The Balaban J connectivity index is 2.49. The van der Waals surface area contributed by atoms with E-state index in [0.29, 0.717) is 0 Å². The zero-order valence-electron chi connectivity index (χ0n) is 11.2. The smallest absolute Gasteiger partial charge is 0.237 e. The van der Waals surface area contributed by atoms with Gasteiger partial charge in [-0.15, -0.1) is 11.3 Å². The van der Waals surface area contributed by atoms with E-state index in [2.05, 4.69) is 23.6 Å². The van der Waals surface area contributed by atoms with E-state index < -0.39 is 0 Å². The summed E-state index contributed by atoms with van der Waals surface area (Å²) in [5.74, 6) is 0.0425. The zero-order chi connectivity index (χ0) is 13.1. The van der Waals surface area contributed by atoms with E-state index in [0.717, 1.165) is 0 Å². The van der Waals surface area contributed by atoms with Crippen molar-refractivity contribution in [3.05, 3.63) is 22.4 Å². The van der Waals surface area contributed by atoms with Gasteiger partial charge in [0.1, 0.15) is 0 Å². The maximum absolute atomic E-state index is 11.9. The number of hydrogen-bond acceptors (Lipinski definition) is 3. The molecule has 1 heterocycles. The second-order valence-corrected chi connectivity index (χ2v) is 6.34. The van der Waals surface area contributed by atoms with Crippen molar-refractivity contribution in [2.75, 3.05) is 0 Å². The molecule has 1 amide bonds. The highest BCUT2D eigenvalue weighted by Gasteiger charge is 2.20. The summed E-state index contributed by atoms with van der Waals surface area (Å²) in [6.07, 6.45) is 0. The normalized spacial score (nSPS) is 15.4. The van der Waals surface area contributed by atoms with Crippen LogP contribution in [0.3, 0.4) is 0 Å². The number of rotatable bonds is 4. The van der Waals surface area contributed by atoms with Crippen LogP contribution in [0.2, 0.25) is 0 Å². The number of nitrogens with one attached hydrogen (secondary N) is 2. The standard InChI is InChI=1S/C13H22N2OS/c1-9(11-7-6-8-17-11)14-10(2)12(16)15-13(3,4)5/h6-10,14H,1-5H3,(H,15,16). The van der Waals surface area contributed by atoms with Crippen molar-refractivity contribution in [1.82, 2.24) is 10.6 Å². The van der Waals surface area contributed by atoms with E-state index in [1.54, 1.807) is 11.3 Å². The van der Waals surface area contributed by atoms with Crippen LogP contribution in [0.15, 0.2) is 17.5 Å². The van der Waals surface area contributed by atoms with Crippen LogP contribution in [0, 0.1) is 0 Å². The number of thiophene rings is 1. The van der Waals surface area contributed by atoms with Gasteiger partial charge in [0.05, 0.1) is 6.04 Å². The first-order valence-electron chi connectivity index (χ1n) is 5.91. The molecule has 0 bridgehead atoms. The minimum atomic E-state index is -0.189.